The van der Waals surface area contributed by atoms with Crippen LogP contribution in [0.1, 0.15) is 5.56 Å². The van der Waals surface area contributed by atoms with Gasteiger partial charge in [0.05, 0.1) is 38.6 Å². The average Bonchev–Trinajstić information content (AvgIpc) is 2.63. The molecule has 1 aliphatic rings. The number of carbonyl (C=O) groups is 1. The standard InChI is InChI=1S/C18H20FN3O3/c1-24-16-4-2-13(10-15(16)19)11-18(23)21-14-3-5-17(20-12-14)22-6-8-25-9-7-22/h2-5,10,12H,6-9,11H2,1H3,(H,21,23). The van der Waals surface area contributed by atoms with Crippen molar-refractivity contribution in [3.8, 4) is 5.75 Å². The smallest absolute Gasteiger partial charge is 0.228 e. The Balaban J connectivity index is 1.58. The molecule has 2 aromatic rings. The fourth-order valence-electron chi connectivity index (χ4n) is 2.65. The maximum Gasteiger partial charge on any atom is 0.228 e. The van der Waals surface area contributed by atoms with Gasteiger partial charge in [-0.2, -0.15) is 0 Å². The van der Waals surface area contributed by atoms with Crippen molar-refractivity contribution in [1.29, 1.82) is 0 Å². The number of halogens is 1. The SMILES string of the molecule is COc1ccc(CC(=O)Nc2ccc(N3CCOCC3)nc2)cc1F. The molecule has 7 heteroatoms. The minimum absolute atomic E-state index is 0.0755. The van der Waals surface area contributed by atoms with E-state index in [1.807, 2.05) is 12.1 Å². The Labute approximate surface area is 145 Å². The Morgan fingerprint density at radius 1 is 1.32 bits per heavy atom. The summed E-state index contributed by atoms with van der Waals surface area (Å²) in [5, 5.41) is 2.77. The summed E-state index contributed by atoms with van der Waals surface area (Å²) >= 11 is 0. The number of methoxy groups -OCH3 is 1. The Kier molecular flexibility index (Phi) is 5.45. The fraction of sp³-hybridized carbons (Fsp3) is 0.333. The second-order valence-corrected chi connectivity index (χ2v) is 5.70. The molecule has 132 valence electrons. The molecule has 1 aromatic heterocycles. The summed E-state index contributed by atoms with van der Waals surface area (Å²) in [5.74, 6) is 0.306. The van der Waals surface area contributed by atoms with Gasteiger partial charge in [0, 0.05) is 13.1 Å². The van der Waals surface area contributed by atoms with E-state index in [1.165, 1.54) is 19.2 Å². The zero-order valence-corrected chi connectivity index (χ0v) is 14.0. The first-order chi connectivity index (χ1) is 12.2. The number of morpholine rings is 1. The van der Waals surface area contributed by atoms with Gasteiger partial charge in [-0.1, -0.05) is 6.07 Å². The normalized spacial score (nSPS) is 14.2. The molecular formula is C18H20FN3O3. The highest BCUT2D eigenvalue weighted by molar-refractivity contribution is 5.92. The van der Waals surface area contributed by atoms with Gasteiger partial charge in [0.25, 0.3) is 0 Å². The monoisotopic (exact) mass is 345 g/mol. The number of carbonyl (C=O) groups excluding carboxylic acids is 1. The number of aromatic nitrogens is 1. The van der Waals surface area contributed by atoms with Crippen LogP contribution in [0.5, 0.6) is 5.75 Å². The third-order valence-corrected chi connectivity index (χ3v) is 3.95. The Bertz CT molecular complexity index is 731. The van der Waals surface area contributed by atoms with Gasteiger partial charge in [-0.3, -0.25) is 4.79 Å². The Hall–Kier alpha value is -2.67. The summed E-state index contributed by atoms with van der Waals surface area (Å²) in [4.78, 5) is 18.6. The lowest BCUT2D eigenvalue weighted by Gasteiger charge is -2.27. The van der Waals surface area contributed by atoms with Gasteiger partial charge in [-0.25, -0.2) is 9.37 Å². The van der Waals surface area contributed by atoms with Gasteiger partial charge in [-0.05, 0) is 29.8 Å². The number of hydrogen-bond acceptors (Lipinski definition) is 5. The molecule has 1 aliphatic heterocycles. The number of benzene rings is 1. The minimum atomic E-state index is -0.482. The number of hydrogen-bond donors (Lipinski definition) is 1. The minimum Gasteiger partial charge on any atom is -0.494 e. The molecule has 1 N–H and O–H groups in total. The topological polar surface area (TPSA) is 63.7 Å². The Morgan fingerprint density at radius 2 is 2.12 bits per heavy atom. The molecule has 6 nitrogen and oxygen atoms in total. The van der Waals surface area contributed by atoms with E-state index < -0.39 is 5.82 Å². The highest BCUT2D eigenvalue weighted by Crippen LogP contribution is 2.19. The van der Waals surface area contributed by atoms with Gasteiger partial charge in [0.1, 0.15) is 5.82 Å². The lowest BCUT2D eigenvalue weighted by atomic mass is 10.1. The quantitative estimate of drug-likeness (QED) is 0.900. The highest BCUT2D eigenvalue weighted by Gasteiger charge is 2.13. The van der Waals surface area contributed by atoms with E-state index in [2.05, 4.69) is 15.2 Å². The largest absolute Gasteiger partial charge is 0.494 e. The first-order valence-electron chi connectivity index (χ1n) is 8.07. The molecular weight excluding hydrogens is 325 g/mol. The van der Waals surface area contributed by atoms with E-state index in [9.17, 15) is 9.18 Å². The zero-order chi connectivity index (χ0) is 17.6. The predicted molar refractivity (Wildman–Crippen MR) is 92.6 cm³/mol. The molecule has 1 aromatic carbocycles. The van der Waals surface area contributed by atoms with Crippen molar-refractivity contribution >= 4 is 17.4 Å². The van der Waals surface area contributed by atoms with Gasteiger partial charge in [0.2, 0.25) is 5.91 Å². The van der Waals surface area contributed by atoms with E-state index in [0.29, 0.717) is 24.5 Å². The van der Waals surface area contributed by atoms with Crippen LogP contribution in [0.3, 0.4) is 0 Å². The maximum atomic E-state index is 13.7. The summed E-state index contributed by atoms with van der Waals surface area (Å²) in [6.07, 6.45) is 1.70. The lowest BCUT2D eigenvalue weighted by molar-refractivity contribution is -0.115. The van der Waals surface area contributed by atoms with E-state index in [-0.39, 0.29) is 18.1 Å². The second-order valence-electron chi connectivity index (χ2n) is 5.70. The fourth-order valence-corrected chi connectivity index (χ4v) is 2.65. The Morgan fingerprint density at radius 3 is 2.76 bits per heavy atom. The molecule has 0 bridgehead atoms. The molecule has 25 heavy (non-hydrogen) atoms. The average molecular weight is 345 g/mol. The van der Waals surface area contributed by atoms with Crippen LogP contribution in [0.15, 0.2) is 36.5 Å². The first kappa shape index (κ1) is 17.2. The molecule has 0 saturated carbocycles. The van der Waals surface area contributed by atoms with Crippen molar-refractivity contribution in [2.75, 3.05) is 43.6 Å². The lowest BCUT2D eigenvalue weighted by Crippen LogP contribution is -2.36. The third kappa shape index (κ3) is 4.45. The molecule has 1 amide bonds. The summed E-state index contributed by atoms with van der Waals surface area (Å²) in [5.41, 5.74) is 1.18. The first-order valence-corrected chi connectivity index (χ1v) is 8.07. The van der Waals surface area contributed by atoms with Crippen LogP contribution in [-0.4, -0.2) is 44.3 Å². The van der Waals surface area contributed by atoms with Crippen LogP contribution in [0.2, 0.25) is 0 Å². The van der Waals surface area contributed by atoms with Crippen molar-refractivity contribution < 1.29 is 18.7 Å². The van der Waals surface area contributed by atoms with Crippen molar-refractivity contribution in [1.82, 2.24) is 4.98 Å². The molecule has 0 spiro atoms. The van der Waals surface area contributed by atoms with Gasteiger partial charge in [0.15, 0.2) is 11.6 Å². The molecule has 3 rings (SSSR count). The molecule has 0 atom stereocenters. The van der Waals surface area contributed by atoms with Gasteiger partial charge < -0.3 is 19.7 Å². The summed E-state index contributed by atoms with van der Waals surface area (Å²) in [6, 6.07) is 8.16. The highest BCUT2D eigenvalue weighted by atomic mass is 19.1. The number of ether oxygens (including phenoxy) is 2. The number of pyridine rings is 1. The molecule has 0 unspecified atom stereocenters. The second kappa shape index (κ2) is 7.94. The van der Waals surface area contributed by atoms with E-state index in [0.717, 1.165) is 18.9 Å². The summed E-state index contributed by atoms with van der Waals surface area (Å²) < 4.78 is 23.9. The number of nitrogens with one attached hydrogen (secondary N) is 1. The number of nitrogens with zero attached hydrogens (tertiary/aromatic N) is 2. The summed E-state index contributed by atoms with van der Waals surface area (Å²) in [7, 11) is 1.40. The third-order valence-electron chi connectivity index (χ3n) is 3.95. The predicted octanol–water partition coefficient (Wildman–Crippen LogP) is 2.25. The number of amides is 1. The molecule has 0 radical (unpaired) electrons. The van der Waals surface area contributed by atoms with Crippen molar-refractivity contribution in [2.24, 2.45) is 0 Å². The van der Waals surface area contributed by atoms with E-state index in [1.54, 1.807) is 12.3 Å². The van der Waals surface area contributed by atoms with Crippen LogP contribution in [-0.2, 0) is 16.0 Å². The summed E-state index contributed by atoms with van der Waals surface area (Å²) in [6.45, 7) is 3.00. The molecule has 1 fully saturated rings. The van der Waals surface area contributed by atoms with E-state index in [4.69, 9.17) is 9.47 Å². The number of rotatable bonds is 5. The van der Waals surface area contributed by atoms with Gasteiger partial charge in [-0.15, -0.1) is 0 Å². The molecule has 1 saturated heterocycles. The van der Waals surface area contributed by atoms with Crippen molar-refractivity contribution in [2.45, 2.75) is 6.42 Å². The molecule has 0 aliphatic carbocycles. The molecule has 2 heterocycles. The van der Waals surface area contributed by atoms with Crippen LogP contribution in [0.4, 0.5) is 15.9 Å². The maximum absolute atomic E-state index is 13.7. The van der Waals surface area contributed by atoms with Crippen molar-refractivity contribution in [3.63, 3.8) is 0 Å². The zero-order valence-electron chi connectivity index (χ0n) is 14.0. The number of anilines is 2. The van der Waals surface area contributed by atoms with Crippen molar-refractivity contribution in [3.05, 3.63) is 47.9 Å². The van der Waals surface area contributed by atoms with Crippen LogP contribution < -0.4 is 15.0 Å². The van der Waals surface area contributed by atoms with Crippen LogP contribution in [0, 0.1) is 5.82 Å². The van der Waals surface area contributed by atoms with Crippen LogP contribution >= 0.6 is 0 Å². The van der Waals surface area contributed by atoms with Gasteiger partial charge >= 0.3 is 0 Å². The van der Waals surface area contributed by atoms with Crippen LogP contribution in [0.25, 0.3) is 0 Å². The van der Waals surface area contributed by atoms with E-state index >= 15 is 0 Å².